The average molecular weight is 381 g/mol. The lowest BCUT2D eigenvalue weighted by molar-refractivity contribution is -0.147. The van der Waals surface area contributed by atoms with Gasteiger partial charge in [-0.15, -0.1) is 0 Å². The van der Waals surface area contributed by atoms with Crippen LogP contribution in [0.5, 0.6) is 5.75 Å². The highest BCUT2D eigenvalue weighted by Crippen LogP contribution is 2.33. The van der Waals surface area contributed by atoms with Crippen LogP contribution in [0.4, 0.5) is 5.69 Å². The largest absolute Gasteiger partial charge is 0.492 e. The van der Waals surface area contributed by atoms with Crippen molar-refractivity contribution < 1.29 is 23.9 Å². The number of esters is 1. The summed E-state index contributed by atoms with van der Waals surface area (Å²) < 4.78 is 10.8. The van der Waals surface area contributed by atoms with Crippen molar-refractivity contribution in [3.63, 3.8) is 0 Å². The number of hydrogen-bond acceptors (Lipinski definition) is 5. The van der Waals surface area contributed by atoms with Gasteiger partial charge in [0.1, 0.15) is 5.75 Å². The van der Waals surface area contributed by atoms with Gasteiger partial charge in [-0.25, -0.2) is 0 Å². The maximum Gasteiger partial charge on any atom is 0.311 e. The minimum Gasteiger partial charge on any atom is -0.492 e. The van der Waals surface area contributed by atoms with Crippen molar-refractivity contribution in [2.75, 3.05) is 24.7 Å². The number of aryl methyl sites for hydroxylation is 1. The first kappa shape index (κ1) is 19.6. The van der Waals surface area contributed by atoms with E-state index in [2.05, 4.69) is 0 Å². The fourth-order valence-corrected chi connectivity index (χ4v) is 3.13. The van der Waals surface area contributed by atoms with E-state index < -0.39 is 11.9 Å². The molecule has 0 aromatic heterocycles. The molecule has 0 bridgehead atoms. The molecule has 6 heteroatoms. The highest BCUT2D eigenvalue weighted by atomic mass is 16.5. The van der Waals surface area contributed by atoms with Crippen LogP contribution in [0.3, 0.4) is 0 Å². The quantitative estimate of drug-likeness (QED) is 0.544. The van der Waals surface area contributed by atoms with E-state index in [1.165, 1.54) is 0 Å². The molecule has 6 nitrogen and oxygen atoms in total. The molecule has 2 aromatic rings. The van der Waals surface area contributed by atoms with Gasteiger partial charge in [0.25, 0.3) is 0 Å². The molecule has 0 unspecified atom stereocenters. The minimum atomic E-state index is -0.604. The molecule has 146 valence electrons. The summed E-state index contributed by atoms with van der Waals surface area (Å²) in [5, 5.41) is 0. The van der Waals surface area contributed by atoms with Crippen molar-refractivity contribution in [3.8, 4) is 5.75 Å². The second-order valence-corrected chi connectivity index (χ2v) is 6.70. The third-order valence-corrected chi connectivity index (χ3v) is 4.63. The first-order chi connectivity index (χ1) is 13.5. The maximum atomic E-state index is 12.4. The van der Waals surface area contributed by atoms with Crippen LogP contribution in [0.2, 0.25) is 0 Å². The van der Waals surface area contributed by atoms with Crippen LogP contribution in [0.25, 0.3) is 0 Å². The van der Waals surface area contributed by atoms with Crippen molar-refractivity contribution in [3.05, 3.63) is 59.7 Å². The molecule has 0 radical (unpaired) electrons. The smallest absolute Gasteiger partial charge is 0.311 e. The van der Waals surface area contributed by atoms with Gasteiger partial charge < -0.3 is 14.4 Å². The molecule has 0 spiro atoms. The molecule has 0 N–H and O–H groups in total. The molecule has 0 aliphatic carbocycles. The summed E-state index contributed by atoms with van der Waals surface area (Å²) in [6.45, 7) is 4.16. The van der Waals surface area contributed by atoms with Crippen LogP contribution < -0.4 is 9.64 Å². The van der Waals surface area contributed by atoms with E-state index in [0.29, 0.717) is 23.6 Å². The van der Waals surface area contributed by atoms with E-state index >= 15 is 0 Å². The standard InChI is InChI=1S/C22H23NO5/c1-3-27-20-7-5-4-6-18(20)23-13-17(12-21(23)25)22(26)28-14-19(24)16-10-8-15(2)9-11-16/h4-11,17H,3,12-14H2,1-2H3/t17-/m0/s1. The number of carbonyl (C=O) groups excluding carboxylic acids is 3. The van der Waals surface area contributed by atoms with Crippen LogP contribution in [-0.2, 0) is 14.3 Å². The summed E-state index contributed by atoms with van der Waals surface area (Å²) in [6.07, 6.45) is 0.0536. The zero-order chi connectivity index (χ0) is 20.1. The number of para-hydroxylation sites is 2. The van der Waals surface area contributed by atoms with E-state index in [1.807, 2.05) is 38.1 Å². The van der Waals surface area contributed by atoms with Crippen molar-refractivity contribution in [1.82, 2.24) is 0 Å². The Kier molecular flexibility index (Phi) is 6.09. The molecular formula is C22H23NO5. The topological polar surface area (TPSA) is 72.9 Å². The van der Waals surface area contributed by atoms with Gasteiger partial charge in [0.2, 0.25) is 5.91 Å². The lowest BCUT2D eigenvalue weighted by Crippen LogP contribution is -2.27. The van der Waals surface area contributed by atoms with Crippen LogP contribution >= 0.6 is 0 Å². The molecule has 1 saturated heterocycles. The van der Waals surface area contributed by atoms with E-state index in [4.69, 9.17) is 9.47 Å². The van der Waals surface area contributed by atoms with Gasteiger partial charge in [-0.2, -0.15) is 0 Å². The lowest BCUT2D eigenvalue weighted by atomic mass is 10.1. The van der Waals surface area contributed by atoms with Gasteiger partial charge in [0.05, 0.1) is 18.2 Å². The van der Waals surface area contributed by atoms with Crippen molar-refractivity contribution in [2.45, 2.75) is 20.3 Å². The molecular weight excluding hydrogens is 358 g/mol. The zero-order valence-corrected chi connectivity index (χ0v) is 16.0. The molecule has 1 fully saturated rings. The van der Waals surface area contributed by atoms with Crippen molar-refractivity contribution in [1.29, 1.82) is 0 Å². The number of amides is 1. The summed E-state index contributed by atoms with van der Waals surface area (Å²) >= 11 is 0. The fourth-order valence-electron chi connectivity index (χ4n) is 3.13. The molecule has 1 aliphatic heterocycles. The number of rotatable bonds is 7. The Bertz CT molecular complexity index is 875. The molecule has 1 amide bonds. The Morgan fingerprint density at radius 2 is 1.82 bits per heavy atom. The second kappa shape index (κ2) is 8.69. The zero-order valence-electron chi connectivity index (χ0n) is 16.0. The van der Waals surface area contributed by atoms with Crippen LogP contribution in [0, 0.1) is 12.8 Å². The molecule has 2 aromatic carbocycles. The maximum absolute atomic E-state index is 12.4. The Labute approximate surface area is 164 Å². The molecule has 28 heavy (non-hydrogen) atoms. The van der Waals surface area contributed by atoms with E-state index in [-0.39, 0.29) is 31.3 Å². The van der Waals surface area contributed by atoms with Crippen LogP contribution in [0.15, 0.2) is 48.5 Å². The normalized spacial score (nSPS) is 16.1. The van der Waals surface area contributed by atoms with E-state index in [0.717, 1.165) is 5.56 Å². The summed E-state index contributed by atoms with van der Waals surface area (Å²) in [4.78, 5) is 38.5. The number of ketones is 1. The Hall–Kier alpha value is -3.15. The third-order valence-electron chi connectivity index (χ3n) is 4.63. The summed E-state index contributed by atoms with van der Waals surface area (Å²) in [7, 11) is 0. The summed E-state index contributed by atoms with van der Waals surface area (Å²) in [5.74, 6) is -0.977. The first-order valence-electron chi connectivity index (χ1n) is 9.28. The van der Waals surface area contributed by atoms with Gasteiger partial charge in [-0.3, -0.25) is 14.4 Å². The molecule has 1 heterocycles. The second-order valence-electron chi connectivity index (χ2n) is 6.70. The minimum absolute atomic E-state index is 0.0536. The number of nitrogens with zero attached hydrogens (tertiary/aromatic N) is 1. The lowest BCUT2D eigenvalue weighted by Gasteiger charge is -2.19. The van der Waals surface area contributed by atoms with Gasteiger partial charge in [-0.1, -0.05) is 42.0 Å². The van der Waals surface area contributed by atoms with Crippen molar-refractivity contribution in [2.24, 2.45) is 5.92 Å². The SMILES string of the molecule is CCOc1ccccc1N1C[C@@H](C(=O)OCC(=O)c2ccc(C)cc2)CC1=O. The summed E-state index contributed by atoms with van der Waals surface area (Å²) in [5.41, 5.74) is 2.18. The van der Waals surface area contributed by atoms with Crippen LogP contribution in [-0.4, -0.2) is 37.4 Å². The summed E-state index contributed by atoms with van der Waals surface area (Å²) in [6, 6.07) is 14.3. The molecule has 1 atom stereocenters. The predicted molar refractivity (Wildman–Crippen MR) is 105 cm³/mol. The average Bonchev–Trinajstić information content (AvgIpc) is 3.09. The molecule has 1 aliphatic rings. The number of hydrogen-bond donors (Lipinski definition) is 0. The number of Topliss-reactive ketones (excluding diaryl/α,β-unsaturated/α-hetero) is 1. The predicted octanol–water partition coefficient (Wildman–Crippen LogP) is 3.17. The van der Waals surface area contributed by atoms with Gasteiger partial charge >= 0.3 is 5.97 Å². The van der Waals surface area contributed by atoms with E-state index in [1.54, 1.807) is 29.2 Å². The highest BCUT2D eigenvalue weighted by Gasteiger charge is 2.37. The highest BCUT2D eigenvalue weighted by molar-refractivity contribution is 6.01. The monoisotopic (exact) mass is 381 g/mol. The Balaban J connectivity index is 1.61. The Morgan fingerprint density at radius 3 is 2.54 bits per heavy atom. The number of carbonyl (C=O) groups is 3. The number of anilines is 1. The third kappa shape index (κ3) is 4.39. The van der Waals surface area contributed by atoms with Crippen molar-refractivity contribution >= 4 is 23.3 Å². The first-order valence-corrected chi connectivity index (χ1v) is 9.28. The molecule has 0 saturated carbocycles. The van der Waals surface area contributed by atoms with Gasteiger partial charge in [0, 0.05) is 18.5 Å². The van der Waals surface area contributed by atoms with Gasteiger partial charge in [-0.05, 0) is 26.0 Å². The number of benzene rings is 2. The van der Waals surface area contributed by atoms with Crippen LogP contribution in [0.1, 0.15) is 29.3 Å². The molecule has 3 rings (SSSR count). The Morgan fingerprint density at radius 1 is 1.11 bits per heavy atom. The fraction of sp³-hybridized carbons (Fsp3) is 0.318. The van der Waals surface area contributed by atoms with E-state index in [9.17, 15) is 14.4 Å². The van der Waals surface area contributed by atoms with Gasteiger partial charge in [0.15, 0.2) is 12.4 Å². The number of ether oxygens (including phenoxy) is 2.